The van der Waals surface area contributed by atoms with Crippen molar-refractivity contribution in [1.82, 2.24) is 0 Å². The highest BCUT2D eigenvalue weighted by Gasteiger charge is 2.26. The second-order valence-corrected chi connectivity index (χ2v) is 20.0. The highest BCUT2D eigenvalue weighted by molar-refractivity contribution is 7.47. The Hall–Kier alpha value is -2.32. The van der Waals surface area contributed by atoms with Gasteiger partial charge in [0.1, 0.15) is 19.3 Å². The van der Waals surface area contributed by atoms with Crippen molar-refractivity contribution in [2.24, 2.45) is 0 Å². The van der Waals surface area contributed by atoms with E-state index < -0.39 is 19.9 Å². The van der Waals surface area contributed by atoms with Crippen LogP contribution in [0.15, 0.2) is 85.1 Å². The molecule has 0 rings (SSSR count). The predicted molar refractivity (Wildman–Crippen MR) is 279 cm³/mol. The molecule has 0 radical (unpaired) electrons. The van der Waals surface area contributed by atoms with Crippen LogP contribution in [0, 0.1) is 0 Å². The van der Waals surface area contributed by atoms with E-state index in [0.717, 1.165) is 51.4 Å². The molecule has 0 heterocycles. The number of hydrogen-bond donors (Lipinski definition) is 1. The molecule has 0 fully saturated rings. The van der Waals surface area contributed by atoms with Crippen molar-refractivity contribution in [3.8, 4) is 0 Å². The molecule has 0 spiro atoms. The second-order valence-electron chi connectivity index (χ2n) is 18.5. The number of allylic oxidation sites excluding steroid dienone is 14. The van der Waals surface area contributed by atoms with E-state index in [1.807, 2.05) is 33.3 Å². The number of phosphoric ester groups is 1. The molecule has 376 valence electrons. The van der Waals surface area contributed by atoms with Gasteiger partial charge < -0.3 is 18.9 Å². The normalized spacial score (nSPS) is 14.2. The smallest absolute Gasteiger partial charge is 0.457 e. The summed E-state index contributed by atoms with van der Waals surface area (Å²) in [6.07, 6.45) is 65.2. The number of esters is 1. The molecule has 0 aliphatic rings. The zero-order chi connectivity index (χ0) is 47.6. The number of likely N-dealkylation sites (N-methyl/N-ethyl adjacent to an activating group) is 1. The first kappa shape index (κ1) is 62.7. The lowest BCUT2D eigenvalue weighted by Crippen LogP contribution is -2.37. The van der Waals surface area contributed by atoms with Crippen LogP contribution < -0.4 is 0 Å². The lowest BCUT2D eigenvalue weighted by atomic mass is 10.0. The minimum absolute atomic E-state index is 0.0714. The third-order valence-electron chi connectivity index (χ3n) is 11.0. The molecule has 0 saturated heterocycles. The van der Waals surface area contributed by atoms with Crippen LogP contribution in [0.2, 0.25) is 0 Å². The number of phosphoric acid groups is 1. The molecule has 2 unspecified atom stereocenters. The van der Waals surface area contributed by atoms with Crippen LogP contribution in [0.3, 0.4) is 0 Å². The fourth-order valence-electron chi connectivity index (χ4n) is 6.93. The first-order chi connectivity index (χ1) is 31.6. The lowest BCUT2D eigenvalue weighted by molar-refractivity contribution is -0.870. The van der Waals surface area contributed by atoms with Crippen LogP contribution in [0.25, 0.3) is 0 Å². The Morgan fingerprint density at radius 1 is 0.492 bits per heavy atom. The highest BCUT2D eigenvalue weighted by Crippen LogP contribution is 2.43. The van der Waals surface area contributed by atoms with Gasteiger partial charge in [0.15, 0.2) is 0 Å². The van der Waals surface area contributed by atoms with Crippen LogP contribution in [-0.4, -0.2) is 75.6 Å². The molecule has 1 N–H and O–H groups in total. The number of ether oxygens (including phenoxy) is 2. The third-order valence-corrected chi connectivity index (χ3v) is 11.9. The Morgan fingerprint density at radius 2 is 0.892 bits per heavy atom. The first-order valence-corrected chi connectivity index (χ1v) is 27.8. The standard InChI is InChI=1S/C56H100NO7P/c1-6-8-10-12-14-16-18-20-22-24-26-27-28-29-30-32-34-36-38-40-42-44-46-48-51-61-53-55(54-63-65(59,60)62-52-50-57(3,4)5)64-56(58)49-47-45-43-41-39-37-35-33-31-25-23-21-19-17-15-13-11-9-7-2/h9,11,15,17,21,23-24,26,31,33,37,39,43,45,55H,6-8,10,12-14,16,18-20,22,25,27-30,32,34-36,38,40-42,44,46-54H2,1-5H3/p+1/b11-9-,17-15-,23-21-,26-24-,33-31-,39-37-,45-43-. The fraction of sp³-hybridized carbons (Fsp3) is 0.732. The van der Waals surface area contributed by atoms with Gasteiger partial charge in [0.05, 0.1) is 34.4 Å². The Morgan fingerprint density at radius 3 is 1.34 bits per heavy atom. The van der Waals surface area contributed by atoms with E-state index in [9.17, 15) is 14.3 Å². The maximum Gasteiger partial charge on any atom is 0.472 e. The number of rotatable bonds is 48. The van der Waals surface area contributed by atoms with Gasteiger partial charge in [-0.1, -0.05) is 208 Å². The van der Waals surface area contributed by atoms with Crippen molar-refractivity contribution in [3.05, 3.63) is 85.1 Å². The Labute approximate surface area is 401 Å². The second kappa shape index (κ2) is 48.1. The van der Waals surface area contributed by atoms with E-state index >= 15 is 0 Å². The van der Waals surface area contributed by atoms with Crippen LogP contribution in [0.5, 0.6) is 0 Å². The van der Waals surface area contributed by atoms with Gasteiger partial charge in [-0.3, -0.25) is 13.8 Å². The van der Waals surface area contributed by atoms with Gasteiger partial charge in [0, 0.05) is 13.0 Å². The number of carbonyl (C=O) groups is 1. The number of unbranched alkanes of at least 4 members (excludes halogenated alkanes) is 20. The molecule has 0 bridgehead atoms. The lowest BCUT2D eigenvalue weighted by Gasteiger charge is -2.24. The first-order valence-electron chi connectivity index (χ1n) is 26.3. The van der Waals surface area contributed by atoms with E-state index in [4.69, 9.17) is 18.5 Å². The number of carbonyl (C=O) groups excluding carboxylic acids is 1. The van der Waals surface area contributed by atoms with Crippen molar-refractivity contribution >= 4 is 13.8 Å². The fourth-order valence-corrected chi connectivity index (χ4v) is 7.67. The summed E-state index contributed by atoms with van der Waals surface area (Å²) in [7, 11) is 1.61. The van der Waals surface area contributed by atoms with Crippen molar-refractivity contribution in [2.75, 3.05) is 54.1 Å². The topological polar surface area (TPSA) is 91.3 Å². The third kappa shape index (κ3) is 52.5. The van der Waals surface area contributed by atoms with Crippen molar-refractivity contribution in [2.45, 2.75) is 213 Å². The summed E-state index contributed by atoms with van der Waals surface area (Å²) in [5.41, 5.74) is 0. The molecule has 0 aliphatic carbocycles. The molecule has 0 aromatic rings. The zero-order valence-corrected chi connectivity index (χ0v) is 43.6. The summed E-state index contributed by atoms with van der Waals surface area (Å²) >= 11 is 0. The molecule has 0 aliphatic heterocycles. The SMILES string of the molecule is CC/C=C\C/C=C\C/C=C\C/C=C\C/C=C\C/C=C\CCC(=O)OC(COCCCCCCCCCCCCCC/C=C\CCCCCCCCCC)COP(=O)(O)OCC[N+](C)(C)C. The quantitative estimate of drug-likeness (QED) is 0.0214. The van der Waals surface area contributed by atoms with Gasteiger partial charge >= 0.3 is 13.8 Å². The van der Waals surface area contributed by atoms with Gasteiger partial charge in [-0.15, -0.1) is 0 Å². The van der Waals surface area contributed by atoms with Gasteiger partial charge in [-0.25, -0.2) is 4.57 Å². The molecule has 2 atom stereocenters. The van der Waals surface area contributed by atoms with Crippen molar-refractivity contribution < 1.29 is 37.3 Å². The summed E-state index contributed by atoms with van der Waals surface area (Å²) < 4.78 is 35.1. The summed E-state index contributed by atoms with van der Waals surface area (Å²) in [6, 6.07) is 0. The molecular formula is C56H101NO7P+. The minimum atomic E-state index is -4.31. The Balaban J connectivity index is 4.22. The van der Waals surface area contributed by atoms with Crippen LogP contribution in [0.1, 0.15) is 206 Å². The van der Waals surface area contributed by atoms with Gasteiger partial charge in [0.25, 0.3) is 0 Å². The maximum atomic E-state index is 12.7. The van der Waals surface area contributed by atoms with Crippen LogP contribution in [-0.2, 0) is 27.9 Å². The monoisotopic (exact) mass is 931 g/mol. The molecule has 65 heavy (non-hydrogen) atoms. The number of hydrogen-bond acceptors (Lipinski definition) is 6. The Bertz CT molecular complexity index is 1310. The average Bonchev–Trinajstić information content (AvgIpc) is 3.27. The van der Waals surface area contributed by atoms with E-state index in [1.54, 1.807) is 0 Å². The van der Waals surface area contributed by atoms with Crippen molar-refractivity contribution in [3.63, 3.8) is 0 Å². The zero-order valence-electron chi connectivity index (χ0n) is 42.7. The molecule has 9 heteroatoms. The maximum absolute atomic E-state index is 12.7. The van der Waals surface area contributed by atoms with Gasteiger partial charge in [-0.2, -0.15) is 0 Å². The molecule has 0 aromatic heterocycles. The van der Waals surface area contributed by atoms with Crippen molar-refractivity contribution in [1.29, 1.82) is 0 Å². The highest BCUT2D eigenvalue weighted by atomic mass is 31.2. The summed E-state index contributed by atoms with van der Waals surface area (Å²) in [4.78, 5) is 23.0. The minimum Gasteiger partial charge on any atom is -0.457 e. The predicted octanol–water partition coefficient (Wildman–Crippen LogP) is 16.4. The summed E-state index contributed by atoms with van der Waals surface area (Å²) in [6.45, 7) is 5.41. The molecule has 0 saturated carbocycles. The average molecular weight is 931 g/mol. The Kier molecular flexibility index (Phi) is 46.4. The van der Waals surface area contributed by atoms with E-state index in [-0.39, 0.29) is 26.2 Å². The van der Waals surface area contributed by atoms with Gasteiger partial charge in [0.2, 0.25) is 0 Å². The van der Waals surface area contributed by atoms with E-state index in [0.29, 0.717) is 24.1 Å². The molecular weight excluding hydrogens is 830 g/mol. The molecule has 8 nitrogen and oxygen atoms in total. The van der Waals surface area contributed by atoms with Gasteiger partial charge in [-0.05, 0) is 77.0 Å². The molecule has 0 amide bonds. The largest absolute Gasteiger partial charge is 0.472 e. The molecule has 0 aromatic carbocycles. The number of nitrogens with zero attached hydrogens (tertiary/aromatic N) is 1. The van der Waals surface area contributed by atoms with E-state index in [1.165, 1.54) is 128 Å². The number of quaternary nitrogens is 1. The van der Waals surface area contributed by atoms with E-state index in [2.05, 4.69) is 86.8 Å². The summed E-state index contributed by atoms with van der Waals surface area (Å²) in [5.74, 6) is -0.396. The van der Waals surface area contributed by atoms with Crippen LogP contribution in [0.4, 0.5) is 0 Å². The van der Waals surface area contributed by atoms with Crippen LogP contribution >= 0.6 is 7.82 Å². The summed E-state index contributed by atoms with van der Waals surface area (Å²) in [5, 5.41) is 0.